The number of amides is 2. The maximum atomic E-state index is 13.0. The first-order chi connectivity index (χ1) is 18.5. The van der Waals surface area contributed by atoms with Crippen LogP contribution in [0.4, 0.5) is 9.59 Å². The Bertz CT molecular complexity index is 1400. The molecule has 3 aromatic rings. The van der Waals surface area contributed by atoms with Gasteiger partial charge in [0.15, 0.2) is 5.75 Å². The topological polar surface area (TPSA) is 139 Å². The van der Waals surface area contributed by atoms with Gasteiger partial charge in [0.1, 0.15) is 11.4 Å². The Kier molecular flexibility index (Phi) is 8.19. The zero-order valence-electron chi connectivity index (χ0n) is 22.2. The first kappa shape index (κ1) is 28.0. The minimum Gasteiger partial charge on any atom is -0.496 e. The molecule has 0 unspecified atom stereocenters. The Morgan fingerprint density at radius 2 is 1.82 bits per heavy atom. The molecule has 2 amide bonds. The van der Waals surface area contributed by atoms with Gasteiger partial charge in [0, 0.05) is 19.2 Å². The van der Waals surface area contributed by atoms with E-state index in [1.54, 1.807) is 4.90 Å². The zero-order valence-corrected chi connectivity index (χ0v) is 23.0. The van der Waals surface area contributed by atoms with E-state index in [9.17, 15) is 14.4 Å². The van der Waals surface area contributed by atoms with Gasteiger partial charge in [-0.15, -0.1) is 5.10 Å². The molecular weight excluding hydrogens is 528 g/mol. The van der Waals surface area contributed by atoms with Crippen LogP contribution >= 0.6 is 11.6 Å². The Morgan fingerprint density at radius 1 is 1.15 bits per heavy atom. The molecule has 0 bridgehead atoms. The molecule has 11 nitrogen and oxygen atoms in total. The summed E-state index contributed by atoms with van der Waals surface area (Å²) in [6.07, 6.45) is -0.147. The molecule has 4 rings (SSSR count). The van der Waals surface area contributed by atoms with Crippen molar-refractivity contribution in [3.8, 4) is 23.0 Å². The van der Waals surface area contributed by atoms with E-state index in [2.05, 4.69) is 5.10 Å². The van der Waals surface area contributed by atoms with E-state index in [1.165, 1.54) is 17.9 Å². The number of hydrogen-bond donors (Lipinski definition) is 1. The largest absolute Gasteiger partial charge is 0.496 e. The van der Waals surface area contributed by atoms with Crippen LogP contribution in [0, 0.1) is 0 Å². The molecule has 208 valence electrons. The molecule has 0 radical (unpaired) electrons. The SMILES string of the molecule is COc1cc(OC(N)=O)c(Cl)c(Cc2ccccc2)c1-c1nn(C2CCN(C(=O)OC(C)(C)C)CC2)c(=O)o1. The fourth-order valence-electron chi connectivity index (χ4n) is 4.45. The number of methoxy groups -OCH3 is 1. The second kappa shape index (κ2) is 11.4. The number of nitrogens with zero attached hydrogens (tertiary/aromatic N) is 3. The van der Waals surface area contributed by atoms with Crippen LogP contribution in [0.15, 0.2) is 45.6 Å². The molecule has 39 heavy (non-hydrogen) atoms. The summed E-state index contributed by atoms with van der Waals surface area (Å²) in [6.45, 7) is 6.25. The van der Waals surface area contributed by atoms with Gasteiger partial charge in [-0.05, 0) is 51.2 Å². The molecule has 0 spiro atoms. The third kappa shape index (κ3) is 6.54. The van der Waals surface area contributed by atoms with Gasteiger partial charge in [0.2, 0.25) is 0 Å². The highest BCUT2D eigenvalue weighted by Gasteiger charge is 2.31. The van der Waals surface area contributed by atoms with Crippen LogP contribution in [0.1, 0.15) is 50.8 Å². The first-order valence-corrected chi connectivity index (χ1v) is 12.8. The van der Waals surface area contributed by atoms with Crippen molar-refractivity contribution in [3.05, 3.63) is 63.1 Å². The summed E-state index contributed by atoms with van der Waals surface area (Å²) in [6, 6.07) is 10.6. The molecule has 2 N–H and O–H groups in total. The Labute approximate surface area is 230 Å². The molecule has 1 saturated heterocycles. The lowest BCUT2D eigenvalue weighted by atomic mass is 9.98. The number of hydrogen-bond acceptors (Lipinski definition) is 8. The van der Waals surface area contributed by atoms with Crippen LogP contribution < -0.4 is 21.0 Å². The number of aromatic nitrogens is 2. The van der Waals surface area contributed by atoms with E-state index in [0.717, 1.165) is 5.56 Å². The van der Waals surface area contributed by atoms with Crippen LogP contribution in [0.5, 0.6) is 11.5 Å². The number of ether oxygens (including phenoxy) is 3. The summed E-state index contributed by atoms with van der Waals surface area (Å²) in [4.78, 5) is 38.5. The number of primary amides is 1. The van der Waals surface area contributed by atoms with Crippen molar-refractivity contribution in [1.29, 1.82) is 0 Å². The normalized spacial score (nSPS) is 14.2. The summed E-state index contributed by atoms with van der Waals surface area (Å²) in [5.74, 6) is -0.409. The average Bonchev–Trinajstić information content (AvgIpc) is 3.26. The van der Waals surface area contributed by atoms with Crippen LogP contribution in [-0.4, -0.2) is 52.7 Å². The Balaban J connectivity index is 1.68. The van der Waals surface area contributed by atoms with Crippen molar-refractivity contribution in [3.63, 3.8) is 0 Å². The lowest BCUT2D eigenvalue weighted by Gasteiger charge is -2.32. The smallest absolute Gasteiger partial charge is 0.437 e. The molecule has 0 aliphatic carbocycles. The molecule has 2 heterocycles. The van der Waals surface area contributed by atoms with Crippen molar-refractivity contribution in [1.82, 2.24) is 14.7 Å². The Hall–Kier alpha value is -3.99. The maximum Gasteiger partial charge on any atom is 0.437 e. The standard InChI is InChI=1S/C27H31ClN4O7/c1-27(2,3)39-25(34)31-12-10-17(11-13-31)32-26(35)38-23(30-32)21-18(14-16-8-6-5-7-9-16)22(28)20(37-24(29)33)15-19(21)36-4/h5-9,15,17H,10-14H2,1-4H3,(H2,29,33). The minimum atomic E-state index is -1.04. The van der Waals surface area contributed by atoms with E-state index < -0.39 is 23.5 Å². The molecule has 1 aliphatic rings. The second-order valence-electron chi connectivity index (χ2n) is 10.1. The molecular formula is C27H31ClN4O7. The van der Waals surface area contributed by atoms with Crippen molar-refractivity contribution >= 4 is 23.8 Å². The highest BCUT2D eigenvalue weighted by Crippen LogP contribution is 2.43. The second-order valence-corrected chi connectivity index (χ2v) is 10.5. The van der Waals surface area contributed by atoms with Gasteiger partial charge < -0.3 is 29.3 Å². The zero-order chi connectivity index (χ0) is 28.3. The third-order valence-electron chi connectivity index (χ3n) is 6.19. The lowest BCUT2D eigenvalue weighted by Crippen LogP contribution is -2.43. The predicted octanol–water partition coefficient (Wildman–Crippen LogP) is 4.79. The quantitative estimate of drug-likeness (QED) is 0.455. The molecule has 1 fully saturated rings. The summed E-state index contributed by atoms with van der Waals surface area (Å²) >= 11 is 6.68. The predicted molar refractivity (Wildman–Crippen MR) is 143 cm³/mol. The lowest BCUT2D eigenvalue weighted by molar-refractivity contribution is 0.0183. The number of carbonyl (C=O) groups excluding carboxylic acids is 2. The Morgan fingerprint density at radius 3 is 2.41 bits per heavy atom. The summed E-state index contributed by atoms with van der Waals surface area (Å²) in [5, 5.41) is 4.62. The summed E-state index contributed by atoms with van der Waals surface area (Å²) < 4.78 is 23.0. The van der Waals surface area contributed by atoms with Gasteiger partial charge in [0.05, 0.1) is 23.7 Å². The van der Waals surface area contributed by atoms with Gasteiger partial charge >= 0.3 is 17.9 Å². The monoisotopic (exact) mass is 558 g/mol. The fraction of sp³-hybridized carbons (Fsp3) is 0.407. The van der Waals surface area contributed by atoms with Crippen molar-refractivity contribution in [2.45, 2.75) is 51.7 Å². The first-order valence-electron chi connectivity index (χ1n) is 12.5. The van der Waals surface area contributed by atoms with Crippen molar-refractivity contribution in [2.75, 3.05) is 20.2 Å². The van der Waals surface area contributed by atoms with Crippen molar-refractivity contribution < 1.29 is 28.2 Å². The summed E-state index contributed by atoms with van der Waals surface area (Å²) in [7, 11) is 1.43. The number of halogens is 1. The maximum absolute atomic E-state index is 13.0. The third-order valence-corrected chi connectivity index (χ3v) is 6.61. The summed E-state index contributed by atoms with van der Waals surface area (Å²) in [5.41, 5.74) is 6.37. The van der Waals surface area contributed by atoms with E-state index in [-0.39, 0.29) is 28.5 Å². The highest BCUT2D eigenvalue weighted by atomic mass is 35.5. The van der Waals surface area contributed by atoms with Crippen LogP contribution in [0.2, 0.25) is 5.02 Å². The van der Waals surface area contributed by atoms with E-state index in [4.69, 9.17) is 36.0 Å². The van der Waals surface area contributed by atoms with Gasteiger partial charge in [-0.1, -0.05) is 41.9 Å². The van der Waals surface area contributed by atoms with Crippen molar-refractivity contribution in [2.24, 2.45) is 5.73 Å². The molecule has 2 aromatic carbocycles. The number of rotatable bonds is 6. The molecule has 0 atom stereocenters. The number of likely N-dealkylation sites (tertiary alicyclic amines) is 1. The molecule has 1 aliphatic heterocycles. The van der Waals surface area contributed by atoms with E-state index in [0.29, 0.717) is 43.5 Å². The molecule has 12 heteroatoms. The van der Waals surface area contributed by atoms with Crippen LogP contribution in [0.3, 0.4) is 0 Å². The van der Waals surface area contributed by atoms with E-state index >= 15 is 0 Å². The van der Waals surface area contributed by atoms with Gasteiger partial charge in [-0.3, -0.25) is 0 Å². The number of piperidine rings is 1. The van der Waals surface area contributed by atoms with E-state index in [1.807, 2.05) is 51.1 Å². The van der Waals surface area contributed by atoms with Gasteiger partial charge in [0.25, 0.3) is 5.89 Å². The number of benzene rings is 2. The van der Waals surface area contributed by atoms with Crippen LogP contribution in [-0.2, 0) is 11.2 Å². The van der Waals surface area contributed by atoms with Gasteiger partial charge in [-0.25, -0.2) is 14.4 Å². The number of carbonyl (C=O) groups is 2. The fourth-order valence-corrected chi connectivity index (χ4v) is 4.70. The minimum absolute atomic E-state index is 0.00452. The highest BCUT2D eigenvalue weighted by molar-refractivity contribution is 6.33. The molecule has 0 saturated carbocycles. The molecule has 1 aromatic heterocycles. The number of nitrogens with two attached hydrogens (primary N) is 1. The van der Waals surface area contributed by atoms with Gasteiger partial charge in [-0.2, -0.15) is 4.68 Å². The van der Waals surface area contributed by atoms with Crippen LogP contribution in [0.25, 0.3) is 11.5 Å². The average molecular weight is 559 g/mol.